The molecule has 0 atom stereocenters. The minimum atomic E-state index is -0.433. The quantitative estimate of drug-likeness (QED) is 0.626. The van der Waals surface area contributed by atoms with Crippen LogP contribution < -0.4 is 19.6 Å². The van der Waals surface area contributed by atoms with Gasteiger partial charge in [-0.2, -0.15) is 5.10 Å². The second-order valence-electron chi connectivity index (χ2n) is 4.69. The Hall–Kier alpha value is -3.22. The van der Waals surface area contributed by atoms with E-state index in [2.05, 4.69) is 10.5 Å². The number of benzene rings is 2. The standard InChI is InChI=1S/C17H18N2O5/c1-22-13-6-4-12(15(9-13)23-2)10-18-19-17(21)11-5-7-14(20)16(8-11)24-3/h4-10,20H,1-3H3,(H,19,21). The third kappa shape index (κ3) is 3.95. The van der Waals surface area contributed by atoms with Crippen molar-refractivity contribution in [1.29, 1.82) is 0 Å². The number of methoxy groups -OCH3 is 3. The maximum absolute atomic E-state index is 12.1. The van der Waals surface area contributed by atoms with Crippen molar-refractivity contribution in [3.8, 4) is 23.0 Å². The first kappa shape index (κ1) is 17.1. The van der Waals surface area contributed by atoms with Crippen molar-refractivity contribution in [1.82, 2.24) is 5.43 Å². The molecule has 0 aromatic heterocycles. The lowest BCUT2D eigenvalue weighted by Crippen LogP contribution is -2.17. The molecule has 0 unspecified atom stereocenters. The van der Waals surface area contributed by atoms with Crippen LogP contribution in [0.4, 0.5) is 0 Å². The number of rotatable bonds is 6. The molecule has 0 heterocycles. The van der Waals surface area contributed by atoms with Gasteiger partial charge in [0.15, 0.2) is 11.5 Å². The van der Waals surface area contributed by atoms with Gasteiger partial charge >= 0.3 is 0 Å². The molecule has 0 aliphatic rings. The zero-order chi connectivity index (χ0) is 17.5. The average molecular weight is 330 g/mol. The molecule has 0 fully saturated rings. The molecular formula is C17H18N2O5. The Bertz CT molecular complexity index is 759. The van der Waals surface area contributed by atoms with E-state index in [-0.39, 0.29) is 11.5 Å². The number of amides is 1. The third-order valence-electron chi connectivity index (χ3n) is 3.25. The fourth-order valence-electron chi connectivity index (χ4n) is 1.97. The Kier molecular flexibility index (Phi) is 5.62. The van der Waals surface area contributed by atoms with Crippen molar-refractivity contribution in [2.75, 3.05) is 21.3 Å². The molecule has 7 nitrogen and oxygen atoms in total. The molecule has 1 amide bonds. The van der Waals surface area contributed by atoms with Crippen LogP contribution in [0, 0.1) is 0 Å². The maximum Gasteiger partial charge on any atom is 0.271 e. The second-order valence-corrected chi connectivity index (χ2v) is 4.69. The number of nitrogens with zero attached hydrogens (tertiary/aromatic N) is 1. The van der Waals surface area contributed by atoms with Gasteiger partial charge in [0.2, 0.25) is 0 Å². The van der Waals surface area contributed by atoms with E-state index in [1.807, 2.05) is 0 Å². The Labute approximate surface area is 139 Å². The third-order valence-corrected chi connectivity index (χ3v) is 3.25. The average Bonchev–Trinajstić information content (AvgIpc) is 2.62. The topological polar surface area (TPSA) is 89.4 Å². The van der Waals surface area contributed by atoms with E-state index in [1.165, 1.54) is 38.6 Å². The summed E-state index contributed by atoms with van der Waals surface area (Å²) >= 11 is 0. The van der Waals surface area contributed by atoms with E-state index in [9.17, 15) is 9.90 Å². The lowest BCUT2D eigenvalue weighted by Gasteiger charge is -2.07. The summed E-state index contributed by atoms with van der Waals surface area (Å²) in [6.45, 7) is 0. The normalized spacial score (nSPS) is 10.5. The number of aromatic hydroxyl groups is 1. The first-order chi connectivity index (χ1) is 11.6. The predicted molar refractivity (Wildman–Crippen MR) is 89.3 cm³/mol. The van der Waals surface area contributed by atoms with E-state index in [0.29, 0.717) is 22.6 Å². The van der Waals surface area contributed by atoms with E-state index >= 15 is 0 Å². The first-order valence-electron chi connectivity index (χ1n) is 7.01. The fraction of sp³-hybridized carbons (Fsp3) is 0.176. The van der Waals surface area contributed by atoms with Gasteiger partial charge in [-0.3, -0.25) is 4.79 Å². The van der Waals surface area contributed by atoms with E-state index in [4.69, 9.17) is 14.2 Å². The van der Waals surface area contributed by atoms with Crippen LogP contribution >= 0.6 is 0 Å². The summed E-state index contributed by atoms with van der Waals surface area (Å²) in [6.07, 6.45) is 1.47. The largest absolute Gasteiger partial charge is 0.504 e. The Morgan fingerprint density at radius 1 is 1.04 bits per heavy atom. The molecule has 2 N–H and O–H groups in total. The number of carbonyl (C=O) groups is 1. The molecular weight excluding hydrogens is 312 g/mol. The number of phenolic OH excluding ortho intramolecular Hbond substituents is 1. The summed E-state index contributed by atoms with van der Waals surface area (Å²) in [4.78, 5) is 12.1. The molecule has 24 heavy (non-hydrogen) atoms. The van der Waals surface area contributed by atoms with Gasteiger partial charge in [-0.1, -0.05) is 0 Å². The van der Waals surface area contributed by atoms with E-state index in [1.54, 1.807) is 25.3 Å². The van der Waals surface area contributed by atoms with Gasteiger partial charge in [0.05, 0.1) is 27.5 Å². The van der Waals surface area contributed by atoms with Gasteiger partial charge < -0.3 is 19.3 Å². The first-order valence-corrected chi connectivity index (χ1v) is 7.01. The number of carbonyl (C=O) groups excluding carboxylic acids is 1. The SMILES string of the molecule is COc1ccc(C=NNC(=O)c2ccc(O)c(OC)c2)c(OC)c1. The summed E-state index contributed by atoms with van der Waals surface area (Å²) in [5.74, 6) is 0.962. The minimum Gasteiger partial charge on any atom is -0.504 e. The van der Waals surface area contributed by atoms with Crippen molar-refractivity contribution in [3.05, 3.63) is 47.5 Å². The number of ether oxygens (including phenoxy) is 3. The van der Waals surface area contributed by atoms with E-state index in [0.717, 1.165) is 0 Å². The molecule has 2 rings (SSSR count). The second kappa shape index (κ2) is 7.87. The van der Waals surface area contributed by atoms with Crippen molar-refractivity contribution in [3.63, 3.8) is 0 Å². The van der Waals surface area contributed by atoms with E-state index < -0.39 is 5.91 Å². The lowest BCUT2D eigenvalue weighted by molar-refractivity contribution is 0.0954. The van der Waals surface area contributed by atoms with Crippen LogP contribution in [-0.4, -0.2) is 38.6 Å². The van der Waals surface area contributed by atoms with Crippen LogP contribution in [0.15, 0.2) is 41.5 Å². The van der Waals surface area contributed by atoms with Crippen LogP contribution in [0.2, 0.25) is 0 Å². The molecule has 2 aromatic rings. The summed E-state index contributed by atoms with van der Waals surface area (Å²) in [5, 5.41) is 13.4. The smallest absolute Gasteiger partial charge is 0.271 e. The van der Waals surface area contributed by atoms with Gasteiger partial charge in [-0.05, 0) is 30.3 Å². The Balaban J connectivity index is 2.10. The Morgan fingerprint density at radius 3 is 2.46 bits per heavy atom. The Morgan fingerprint density at radius 2 is 1.79 bits per heavy atom. The van der Waals surface area contributed by atoms with Crippen molar-refractivity contribution >= 4 is 12.1 Å². The van der Waals surface area contributed by atoms with Crippen LogP contribution in [0.25, 0.3) is 0 Å². The molecule has 126 valence electrons. The zero-order valence-electron chi connectivity index (χ0n) is 13.6. The summed E-state index contributed by atoms with van der Waals surface area (Å²) in [5.41, 5.74) is 3.40. The zero-order valence-corrected chi connectivity index (χ0v) is 13.6. The van der Waals surface area contributed by atoms with Crippen molar-refractivity contribution in [2.24, 2.45) is 5.10 Å². The summed E-state index contributed by atoms with van der Waals surface area (Å²) < 4.78 is 15.3. The van der Waals surface area contributed by atoms with Crippen LogP contribution in [0.3, 0.4) is 0 Å². The molecule has 2 aromatic carbocycles. The van der Waals surface area contributed by atoms with Gasteiger partial charge in [-0.15, -0.1) is 0 Å². The molecule has 7 heteroatoms. The van der Waals surface area contributed by atoms with Gasteiger partial charge in [0.1, 0.15) is 11.5 Å². The van der Waals surface area contributed by atoms with Crippen LogP contribution in [-0.2, 0) is 0 Å². The van der Waals surface area contributed by atoms with Crippen LogP contribution in [0.5, 0.6) is 23.0 Å². The summed E-state index contributed by atoms with van der Waals surface area (Å²) in [6, 6.07) is 9.51. The number of hydrogen-bond acceptors (Lipinski definition) is 6. The predicted octanol–water partition coefficient (Wildman–Crippen LogP) is 2.18. The highest BCUT2D eigenvalue weighted by molar-refractivity contribution is 5.95. The lowest BCUT2D eigenvalue weighted by atomic mass is 10.2. The molecule has 0 saturated heterocycles. The number of phenols is 1. The molecule has 0 aliphatic heterocycles. The van der Waals surface area contributed by atoms with Crippen LogP contribution in [0.1, 0.15) is 15.9 Å². The number of nitrogens with one attached hydrogen (secondary N) is 1. The molecule has 0 radical (unpaired) electrons. The van der Waals surface area contributed by atoms with Gasteiger partial charge in [-0.25, -0.2) is 5.43 Å². The maximum atomic E-state index is 12.1. The monoisotopic (exact) mass is 330 g/mol. The molecule has 0 bridgehead atoms. The number of hydrazone groups is 1. The highest BCUT2D eigenvalue weighted by atomic mass is 16.5. The molecule has 0 spiro atoms. The van der Waals surface area contributed by atoms with Crippen molar-refractivity contribution < 1.29 is 24.1 Å². The fourth-order valence-corrected chi connectivity index (χ4v) is 1.97. The highest BCUT2D eigenvalue weighted by Gasteiger charge is 2.09. The minimum absolute atomic E-state index is 0.0412. The van der Waals surface area contributed by atoms with Gasteiger partial charge in [0.25, 0.3) is 5.91 Å². The molecule has 0 saturated carbocycles. The van der Waals surface area contributed by atoms with Gasteiger partial charge in [0, 0.05) is 17.2 Å². The van der Waals surface area contributed by atoms with Crippen molar-refractivity contribution in [2.45, 2.75) is 0 Å². The summed E-state index contributed by atoms with van der Waals surface area (Å²) in [7, 11) is 4.51. The highest BCUT2D eigenvalue weighted by Crippen LogP contribution is 2.26. The number of hydrogen-bond donors (Lipinski definition) is 2. The molecule has 0 aliphatic carbocycles.